The van der Waals surface area contributed by atoms with Crippen molar-refractivity contribution >= 4 is 22.5 Å². The maximum Gasteiger partial charge on any atom is 0.231 e. The summed E-state index contributed by atoms with van der Waals surface area (Å²) in [7, 11) is 1.58. The van der Waals surface area contributed by atoms with Crippen LogP contribution >= 0.6 is 0 Å². The number of methoxy groups -OCH3 is 1. The summed E-state index contributed by atoms with van der Waals surface area (Å²) in [6.45, 7) is 1.33. The fourth-order valence-electron chi connectivity index (χ4n) is 3.86. The number of likely N-dealkylation sites (tertiary alicyclic amines) is 1. The number of fused-ring (bicyclic) bond motifs is 2. The van der Waals surface area contributed by atoms with Gasteiger partial charge in [0.1, 0.15) is 5.69 Å². The van der Waals surface area contributed by atoms with Crippen LogP contribution in [0.4, 0.5) is 0 Å². The van der Waals surface area contributed by atoms with Crippen LogP contribution < -0.4 is 4.74 Å². The average molecular weight is 392 g/mol. The van der Waals surface area contributed by atoms with Crippen LogP contribution in [0.2, 0.25) is 0 Å². The molecule has 0 aliphatic carbocycles. The molecule has 0 saturated carbocycles. The molecule has 9 heteroatoms. The van der Waals surface area contributed by atoms with Gasteiger partial charge in [-0.05, 0) is 31.0 Å². The summed E-state index contributed by atoms with van der Waals surface area (Å²) in [6.07, 6.45) is 1.87. The van der Waals surface area contributed by atoms with E-state index in [1.54, 1.807) is 17.7 Å². The maximum absolute atomic E-state index is 12.8. The molecule has 1 aromatic carbocycles. The molecule has 1 fully saturated rings. The topological polar surface area (TPSA) is 98.7 Å². The molecule has 148 valence electrons. The number of para-hydroxylation sites is 1. The third-order valence-electron chi connectivity index (χ3n) is 5.46. The molecule has 4 aromatic rings. The van der Waals surface area contributed by atoms with Crippen molar-refractivity contribution in [1.82, 2.24) is 29.9 Å². The highest BCUT2D eigenvalue weighted by Gasteiger charge is 2.28. The molecule has 0 bridgehead atoms. The number of ether oxygens (including phenoxy) is 1. The van der Waals surface area contributed by atoms with E-state index in [-0.39, 0.29) is 18.2 Å². The number of carbonyl (C=O) groups excluding carboxylic acids is 1. The fourth-order valence-corrected chi connectivity index (χ4v) is 3.86. The number of aromatic nitrogens is 5. The Labute approximate surface area is 166 Å². The van der Waals surface area contributed by atoms with Gasteiger partial charge in [0, 0.05) is 30.5 Å². The summed E-state index contributed by atoms with van der Waals surface area (Å²) < 4.78 is 12.3. The smallest absolute Gasteiger partial charge is 0.231 e. The predicted octanol–water partition coefficient (Wildman–Crippen LogP) is 2.22. The predicted molar refractivity (Wildman–Crippen MR) is 104 cm³/mol. The molecule has 0 radical (unpaired) electrons. The van der Waals surface area contributed by atoms with E-state index in [9.17, 15) is 4.79 Å². The molecule has 1 saturated heterocycles. The molecule has 0 unspecified atom stereocenters. The van der Waals surface area contributed by atoms with Crippen molar-refractivity contribution in [2.24, 2.45) is 0 Å². The molecule has 0 spiro atoms. The lowest BCUT2D eigenvalue weighted by atomic mass is 9.95. The van der Waals surface area contributed by atoms with Gasteiger partial charge in [0.15, 0.2) is 17.1 Å². The van der Waals surface area contributed by atoms with Crippen molar-refractivity contribution in [2.45, 2.75) is 25.2 Å². The highest BCUT2D eigenvalue weighted by atomic mass is 16.5. The summed E-state index contributed by atoms with van der Waals surface area (Å²) in [5, 5.41) is 17.9. The van der Waals surface area contributed by atoms with E-state index in [1.807, 2.05) is 35.2 Å². The van der Waals surface area contributed by atoms with Crippen LogP contribution in [0.3, 0.4) is 0 Å². The lowest BCUT2D eigenvalue weighted by molar-refractivity contribution is -0.131. The van der Waals surface area contributed by atoms with Crippen molar-refractivity contribution in [1.29, 1.82) is 0 Å². The lowest BCUT2D eigenvalue weighted by Gasteiger charge is -2.31. The second kappa shape index (κ2) is 7.16. The standard InChI is InChI=1S/C20H20N6O3/c1-28-18-7-6-17-21-22-20(26(17)23-18)13-8-10-25(11-9-13)19(27)12-15-14-4-2-3-5-16(14)29-24-15/h2-7,13H,8-12H2,1H3. The molecule has 0 N–H and O–H groups in total. The molecule has 5 rings (SSSR count). The van der Waals surface area contributed by atoms with Crippen LogP contribution in [-0.2, 0) is 11.2 Å². The van der Waals surface area contributed by atoms with Crippen molar-refractivity contribution in [3.05, 3.63) is 47.9 Å². The summed E-state index contributed by atoms with van der Waals surface area (Å²) in [6, 6.07) is 11.2. The number of rotatable bonds is 4. The van der Waals surface area contributed by atoms with Gasteiger partial charge in [0.2, 0.25) is 11.8 Å². The maximum atomic E-state index is 12.8. The first-order valence-electron chi connectivity index (χ1n) is 9.60. The number of piperidine rings is 1. The minimum atomic E-state index is 0.0633. The molecule has 29 heavy (non-hydrogen) atoms. The van der Waals surface area contributed by atoms with Gasteiger partial charge in [0.25, 0.3) is 0 Å². The van der Waals surface area contributed by atoms with Crippen molar-refractivity contribution in [3.63, 3.8) is 0 Å². The van der Waals surface area contributed by atoms with Gasteiger partial charge in [0.05, 0.1) is 13.5 Å². The van der Waals surface area contributed by atoms with E-state index >= 15 is 0 Å². The van der Waals surface area contributed by atoms with Gasteiger partial charge in [-0.1, -0.05) is 17.3 Å². The third-order valence-corrected chi connectivity index (χ3v) is 5.46. The van der Waals surface area contributed by atoms with Gasteiger partial charge in [-0.15, -0.1) is 15.3 Å². The highest BCUT2D eigenvalue weighted by Crippen LogP contribution is 2.28. The first-order chi connectivity index (χ1) is 14.2. The van der Waals surface area contributed by atoms with E-state index in [2.05, 4.69) is 20.5 Å². The zero-order valence-corrected chi connectivity index (χ0v) is 16.0. The largest absolute Gasteiger partial charge is 0.480 e. The van der Waals surface area contributed by atoms with E-state index in [0.29, 0.717) is 35.9 Å². The SMILES string of the molecule is COc1ccc2nnc(C3CCN(C(=O)Cc4noc5ccccc45)CC3)n2n1. The fraction of sp³-hybridized carbons (Fsp3) is 0.350. The first kappa shape index (κ1) is 17.6. The normalized spacial score (nSPS) is 15.3. The van der Waals surface area contributed by atoms with E-state index in [4.69, 9.17) is 9.26 Å². The van der Waals surface area contributed by atoms with Crippen molar-refractivity contribution in [3.8, 4) is 5.88 Å². The van der Waals surface area contributed by atoms with Crippen LogP contribution in [0.15, 0.2) is 40.9 Å². The zero-order valence-electron chi connectivity index (χ0n) is 16.0. The molecular weight excluding hydrogens is 372 g/mol. The molecular formula is C20H20N6O3. The Morgan fingerprint density at radius 3 is 2.83 bits per heavy atom. The molecule has 3 aromatic heterocycles. The second-order valence-electron chi connectivity index (χ2n) is 7.16. The van der Waals surface area contributed by atoms with Crippen LogP contribution in [0.25, 0.3) is 16.6 Å². The molecule has 0 atom stereocenters. The zero-order chi connectivity index (χ0) is 19.8. The Morgan fingerprint density at radius 2 is 2.00 bits per heavy atom. The molecule has 9 nitrogen and oxygen atoms in total. The molecule has 1 aliphatic heterocycles. The summed E-state index contributed by atoms with van der Waals surface area (Å²) in [5.74, 6) is 1.59. The van der Waals surface area contributed by atoms with Crippen LogP contribution in [0.5, 0.6) is 5.88 Å². The summed E-state index contributed by atoms with van der Waals surface area (Å²) in [4.78, 5) is 14.7. The Bertz CT molecular complexity index is 1180. The molecule has 4 heterocycles. The summed E-state index contributed by atoms with van der Waals surface area (Å²) >= 11 is 0. The number of hydrogen-bond donors (Lipinski definition) is 0. The van der Waals surface area contributed by atoms with Gasteiger partial charge in [-0.2, -0.15) is 4.52 Å². The average Bonchev–Trinajstić information content (AvgIpc) is 3.37. The Balaban J connectivity index is 1.27. The van der Waals surface area contributed by atoms with Gasteiger partial charge in [-0.3, -0.25) is 4.79 Å². The van der Waals surface area contributed by atoms with Gasteiger partial charge >= 0.3 is 0 Å². The van der Waals surface area contributed by atoms with Crippen LogP contribution in [0, 0.1) is 0 Å². The monoisotopic (exact) mass is 392 g/mol. The Hall–Kier alpha value is -3.49. The molecule has 1 amide bonds. The Morgan fingerprint density at radius 1 is 1.17 bits per heavy atom. The van der Waals surface area contributed by atoms with Gasteiger partial charge < -0.3 is 14.2 Å². The Kier molecular flexibility index (Phi) is 4.34. The summed E-state index contributed by atoms with van der Waals surface area (Å²) in [5.41, 5.74) is 2.08. The number of amides is 1. The number of benzene rings is 1. The minimum absolute atomic E-state index is 0.0633. The quantitative estimate of drug-likeness (QED) is 0.525. The van der Waals surface area contributed by atoms with Gasteiger partial charge in [-0.25, -0.2) is 0 Å². The third kappa shape index (κ3) is 3.18. The van der Waals surface area contributed by atoms with Crippen molar-refractivity contribution in [2.75, 3.05) is 20.2 Å². The van der Waals surface area contributed by atoms with Crippen LogP contribution in [-0.4, -0.2) is 56.0 Å². The number of nitrogens with zero attached hydrogens (tertiary/aromatic N) is 6. The molecule has 1 aliphatic rings. The lowest BCUT2D eigenvalue weighted by Crippen LogP contribution is -2.39. The van der Waals surface area contributed by atoms with E-state index in [1.165, 1.54) is 0 Å². The van der Waals surface area contributed by atoms with Crippen molar-refractivity contribution < 1.29 is 14.1 Å². The van der Waals surface area contributed by atoms with E-state index in [0.717, 1.165) is 24.1 Å². The highest BCUT2D eigenvalue weighted by molar-refractivity contribution is 5.86. The second-order valence-corrected chi connectivity index (χ2v) is 7.16. The van der Waals surface area contributed by atoms with E-state index < -0.39 is 0 Å². The number of hydrogen-bond acceptors (Lipinski definition) is 7. The minimum Gasteiger partial charge on any atom is -0.480 e. The number of carbonyl (C=O) groups is 1. The first-order valence-corrected chi connectivity index (χ1v) is 9.60. The van der Waals surface area contributed by atoms with Crippen LogP contribution in [0.1, 0.15) is 30.3 Å².